The van der Waals surface area contributed by atoms with Gasteiger partial charge in [-0.15, -0.1) is 6.58 Å². The first kappa shape index (κ1) is 16.2. The quantitative estimate of drug-likeness (QED) is 0.678. The van der Waals surface area contributed by atoms with Gasteiger partial charge in [-0.3, -0.25) is 9.78 Å². The third-order valence-electron chi connectivity index (χ3n) is 4.20. The van der Waals surface area contributed by atoms with Gasteiger partial charge in [-0.05, 0) is 37.8 Å². The highest BCUT2D eigenvalue weighted by atomic mass is 16.5. The van der Waals surface area contributed by atoms with Crippen molar-refractivity contribution in [2.45, 2.75) is 32.3 Å². The fraction of sp³-hybridized carbons (Fsp3) is 0.316. The number of nitrogens with zero attached hydrogens (tertiary/aromatic N) is 1. The minimum absolute atomic E-state index is 0.335. The lowest BCUT2D eigenvalue weighted by atomic mass is 10.0. The molecule has 0 bridgehead atoms. The number of esters is 1. The van der Waals surface area contributed by atoms with Crippen LogP contribution < -0.4 is 5.32 Å². The van der Waals surface area contributed by atoms with Crippen LogP contribution in [0.4, 0.5) is 0 Å². The van der Waals surface area contributed by atoms with E-state index in [1.54, 1.807) is 13.0 Å². The highest BCUT2D eigenvalue weighted by Gasteiger charge is 2.27. The smallest absolute Gasteiger partial charge is 0.339 e. The number of carbonyl (C=O) groups excluding carboxylic acids is 2. The number of carbonyl (C=O) groups is 2. The predicted molar refractivity (Wildman–Crippen MR) is 91.9 cm³/mol. The van der Waals surface area contributed by atoms with E-state index in [1.165, 1.54) is 0 Å². The molecule has 1 N–H and O–H groups in total. The summed E-state index contributed by atoms with van der Waals surface area (Å²) >= 11 is 0. The van der Waals surface area contributed by atoms with Gasteiger partial charge in [0, 0.05) is 17.6 Å². The number of pyridine rings is 1. The van der Waals surface area contributed by atoms with E-state index in [-0.39, 0.29) is 5.91 Å². The number of ether oxygens (including phenoxy) is 1. The van der Waals surface area contributed by atoms with Gasteiger partial charge in [0.2, 0.25) is 0 Å². The van der Waals surface area contributed by atoms with Crippen molar-refractivity contribution in [1.82, 2.24) is 10.3 Å². The number of aromatic nitrogens is 1. The number of amides is 1. The molecule has 24 heavy (non-hydrogen) atoms. The summed E-state index contributed by atoms with van der Waals surface area (Å²) in [4.78, 5) is 29.3. The Kier molecular flexibility index (Phi) is 4.60. The van der Waals surface area contributed by atoms with Gasteiger partial charge in [-0.2, -0.15) is 0 Å². The standard InChI is InChI=1S/C19H20N2O3/c1-3-11-20-18(22)12(2)24-19(23)17-13-7-4-5-9-15(13)21-16-10-6-8-14(16)17/h3-5,7,9,12H,1,6,8,10-11H2,2H3,(H,20,22)/t12-/m1/s1. The van der Waals surface area contributed by atoms with Crippen LogP contribution in [0.1, 0.15) is 35.0 Å². The lowest BCUT2D eigenvalue weighted by molar-refractivity contribution is -0.128. The topological polar surface area (TPSA) is 68.3 Å². The molecule has 0 saturated heterocycles. The Labute approximate surface area is 140 Å². The van der Waals surface area contributed by atoms with E-state index in [2.05, 4.69) is 16.9 Å². The van der Waals surface area contributed by atoms with Crippen LogP contribution in [-0.4, -0.2) is 29.5 Å². The number of rotatable bonds is 5. The number of benzene rings is 1. The van der Waals surface area contributed by atoms with Crippen molar-refractivity contribution in [3.63, 3.8) is 0 Å². The first-order valence-electron chi connectivity index (χ1n) is 8.12. The minimum Gasteiger partial charge on any atom is -0.449 e. The largest absolute Gasteiger partial charge is 0.449 e. The van der Waals surface area contributed by atoms with Crippen LogP contribution in [0, 0.1) is 0 Å². The van der Waals surface area contributed by atoms with Gasteiger partial charge in [0.1, 0.15) is 0 Å². The molecule has 2 aromatic rings. The Bertz CT molecular complexity index is 814. The summed E-state index contributed by atoms with van der Waals surface area (Å²) in [6.07, 6.45) is 3.38. The normalized spacial score (nSPS) is 14.0. The number of nitrogens with one attached hydrogen (secondary N) is 1. The molecule has 1 aliphatic rings. The average molecular weight is 324 g/mol. The molecule has 0 saturated carbocycles. The number of hydrogen-bond donors (Lipinski definition) is 1. The van der Waals surface area contributed by atoms with Gasteiger partial charge in [-0.1, -0.05) is 24.3 Å². The molecule has 1 aromatic heterocycles. The Morgan fingerprint density at radius 1 is 1.38 bits per heavy atom. The van der Waals surface area contributed by atoms with E-state index < -0.39 is 12.1 Å². The van der Waals surface area contributed by atoms with E-state index in [0.717, 1.165) is 41.4 Å². The fourth-order valence-electron chi connectivity index (χ4n) is 3.03. The minimum atomic E-state index is -0.860. The van der Waals surface area contributed by atoms with E-state index in [0.29, 0.717) is 12.1 Å². The van der Waals surface area contributed by atoms with Gasteiger partial charge < -0.3 is 10.1 Å². The lowest BCUT2D eigenvalue weighted by Gasteiger charge is -2.16. The van der Waals surface area contributed by atoms with Crippen molar-refractivity contribution in [1.29, 1.82) is 0 Å². The molecular formula is C19H20N2O3. The second-order valence-corrected chi connectivity index (χ2v) is 5.86. The van der Waals surface area contributed by atoms with Crippen LogP contribution in [0.2, 0.25) is 0 Å². The molecular weight excluding hydrogens is 304 g/mol. The van der Waals surface area contributed by atoms with Gasteiger partial charge in [0.15, 0.2) is 6.10 Å². The second-order valence-electron chi connectivity index (χ2n) is 5.86. The van der Waals surface area contributed by atoms with Gasteiger partial charge in [0.25, 0.3) is 5.91 Å². The predicted octanol–water partition coefficient (Wildman–Crippen LogP) is 2.57. The zero-order valence-electron chi connectivity index (χ0n) is 13.7. The van der Waals surface area contributed by atoms with Crippen LogP contribution >= 0.6 is 0 Å². The van der Waals surface area contributed by atoms with Gasteiger partial charge in [0.05, 0.1) is 11.1 Å². The third-order valence-corrected chi connectivity index (χ3v) is 4.20. The zero-order chi connectivity index (χ0) is 17.1. The molecule has 3 rings (SSSR count). The molecule has 1 heterocycles. The summed E-state index contributed by atoms with van der Waals surface area (Å²) in [7, 11) is 0. The number of para-hydroxylation sites is 1. The lowest BCUT2D eigenvalue weighted by Crippen LogP contribution is -2.36. The molecule has 5 heteroatoms. The summed E-state index contributed by atoms with van der Waals surface area (Å²) < 4.78 is 5.42. The number of hydrogen-bond acceptors (Lipinski definition) is 4. The van der Waals surface area contributed by atoms with E-state index >= 15 is 0 Å². The molecule has 5 nitrogen and oxygen atoms in total. The maximum Gasteiger partial charge on any atom is 0.339 e. The number of aryl methyl sites for hydroxylation is 1. The summed E-state index contributed by atoms with van der Waals surface area (Å²) in [5, 5.41) is 3.41. The molecule has 1 aliphatic carbocycles. The summed E-state index contributed by atoms with van der Waals surface area (Å²) in [6, 6.07) is 7.55. The molecule has 1 atom stereocenters. The van der Waals surface area contributed by atoms with Crippen molar-refractivity contribution < 1.29 is 14.3 Å². The Hall–Kier alpha value is -2.69. The van der Waals surface area contributed by atoms with Gasteiger partial charge >= 0.3 is 5.97 Å². The first-order chi connectivity index (χ1) is 11.6. The highest BCUT2D eigenvalue weighted by molar-refractivity contribution is 6.05. The van der Waals surface area contributed by atoms with E-state index in [1.807, 2.05) is 24.3 Å². The molecule has 1 aromatic carbocycles. The zero-order valence-corrected chi connectivity index (χ0v) is 13.7. The Morgan fingerprint density at radius 2 is 2.17 bits per heavy atom. The average Bonchev–Trinajstić information content (AvgIpc) is 3.04. The van der Waals surface area contributed by atoms with Crippen LogP contribution in [0.25, 0.3) is 10.9 Å². The maximum absolute atomic E-state index is 12.8. The third kappa shape index (κ3) is 3.02. The molecule has 0 aliphatic heterocycles. The van der Waals surface area contributed by atoms with Crippen molar-refractivity contribution in [3.8, 4) is 0 Å². The Morgan fingerprint density at radius 3 is 2.96 bits per heavy atom. The van der Waals surface area contributed by atoms with Crippen molar-refractivity contribution in [2.24, 2.45) is 0 Å². The maximum atomic E-state index is 12.8. The number of fused-ring (bicyclic) bond motifs is 2. The van der Waals surface area contributed by atoms with Crippen LogP contribution in [0.5, 0.6) is 0 Å². The molecule has 0 unspecified atom stereocenters. The highest BCUT2D eigenvalue weighted by Crippen LogP contribution is 2.30. The molecule has 0 fully saturated rings. The molecule has 1 amide bonds. The summed E-state index contributed by atoms with van der Waals surface area (Å²) in [6.45, 7) is 5.46. The van der Waals surface area contributed by atoms with Crippen LogP contribution in [0.15, 0.2) is 36.9 Å². The SMILES string of the molecule is C=CCNC(=O)[C@@H](C)OC(=O)c1c2c(nc3ccccc13)CCC2. The van der Waals surface area contributed by atoms with Crippen LogP contribution in [-0.2, 0) is 22.4 Å². The monoisotopic (exact) mass is 324 g/mol. The van der Waals surface area contributed by atoms with E-state index in [9.17, 15) is 9.59 Å². The molecule has 0 spiro atoms. The summed E-state index contributed by atoms with van der Waals surface area (Å²) in [5.41, 5.74) is 3.26. The Balaban J connectivity index is 1.92. The molecule has 0 radical (unpaired) electrons. The van der Waals surface area contributed by atoms with Crippen molar-refractivity contribution in [3.05, 3.63) is 53.7 Å². The van der Waals surface area contributed by atoms with Crippen LogP contribution in [0.3, 0.4) is 0 Å². The van der Waals surface area contributed by atoms with Crippen molar-refractivity contribution in [2.75, 3.05) is 6.54 Å². The molecule has 124 valence electrons. The fourth-order valence-corrected chi connectivity index (χ4v) is 3.03. The second kappa shape index (κ2) is 6.83. The van der Waals surface area contributed by atoms with E-state index in [4.69, 9.17) is 4.74 Å². The van der Waals surface area contributed by atoms with Crippen molar-refractivity contribution >= 4 is 22.8 Å². The first-order valence-corrected chi connectivity index (χ1v) is 8.12. The summed E-state index contributed by atoms with van der Waals surface area (Å²) in [5.74, 6) is -0.800. The van der Waals surface area contributed by atoms with Gasteiger partial charge in [-0.25, -0.2) is 4.79 Å².